The highest BCUT2D eigenvalue weighted by Gasteiger charge is 2.32. The van der Waals surface area contributed by atoms with Gasteiger partial charge in [-0.05, 0) is 43.7 Å². The van der Waals surface area contributed by atoms with Crippen molar-refractivity contribution in [2.45, 2.75) is 25.8 Å². The second kappa shape index (κ2) is 7.95. The zero-order valence-electron chi connectivity index (χ0n) is 15.3. The van der Waals surface area contributed by atoms with Crippen molar-refractivity contribution in [2.24, 2.45) is 11.8 Å². The lowest BCUT2D eigenvalue weighted by atomic mass is 9.84. The van der Waals surface area contributed by atoms with Gasteiger partial charge in [-0.25, -0.2) is 19.9 Å². The van der Waals surface area contributed by atoms with Gasteiger partial charge in [0, 0.05) is 56.5 Å². The molecule has 0 saturated carbocycles. The molecular formula is C19H26N6O. The standard InChI is InChI=1S/C19H26N6O/c1-26-19-22-11-15(12-23-19)13-24-8-3-17(14-24)16-4-9-25(10-5-16)18-20-6-2-7-21-18/h2,6-7,11-12,16-17H,3-5,8-10,13-14H2,1H3/t17-/m0/s1. The number of likely N-dealkylation sites (tertiary alicyclic amines) is 1. The molecule has 2 aliphatic rings. The van der Waals surface area contributed by atoms with E-state index in [1.165, 1.54) is 32.4 Å². The molecule has 0 amide bonds. The molecule has 138 valence electrons. The molecule has 0 unspecified atom stereocenters. The number of piperidine rings is 1. The van der Waals surface area contributed by atoms with Crippen LogP contribution in [0.1, 0.15) is 24.8 Å². The van der Waals surface area contributed by atoms with E-state index in [1.807, 2.05) is 30.9 Å². The van der Waals surface area contributed by atoms with Gasteiger partial charge in [-0.1, -0.05) is 0 Å². The van der Waals surface area contributed by atoms with E-state index in [1.54, 1.807) is 7.11 Å². The van der Waals surface area contributed by atoms with Gasteiger partial charge < -0.3 is 9.64 Å². The topological polar surface area (TPSA) is 67.3 Å². The van der Waals surface area contributed by atoms with E-state index in [4.69, 9.17) is 4.74 Å². The molecule has 4 heterocycles. The number of hydrogen-bond donors (Lipinski definition) is 0. The van der Waals surface area contributed by atoms with E-state index in [0.29, 0.717) is 6.01 Å². The monoisotopic (exact) mass is 354 g/mol. The van der Waals surface area contributed by atoms with Gasteiger partial charge in [-0.15, -0.1) is 0 Å². The molecule has 2 fully saturated rings. The fourth-order valence-corrected chi connectivity index (χ4v) is 4.20. The molecule has 2 aromatic heterocycles. The minimum Gasteiger partial charge on any atom is -0.467 e. The SMILES string of the molecule is COc1ncc(CN2CC[C@H](C3CCN(c4ncccn4)CC3)C2)cn1. The zero-order valence-corrected chi connectivity index (χ0v) is 15.3. The summed E-state index contributed by atoms with van der Waals surface area (Å²) < 4.78 is 5.03. The van der Waals surface area contributed by atoms with Gasteiger partial charge in [0.2, 0.25) is 5.95 Å². The van der Waals surface area contributed by atoms with Gasteiger partial charge in [-0.2, -0.15) is 0 Å². The Morgan fingerprint density at radius 3 is 2.35 bits per heavy atom. The Bertz CT molecular complexity index is 687. The van der Waals surface area contributed by atoms with Crippen molar-refractivity contribution < 1.29 is 4.74 Å². The Balaban J connectivity index is 1.26. The van der Waals surface area contributed by atoms with E-state index in [2.05, 4.69) is 29.7 Å². The van der Waals surface area contributed by atoms with Crippen molar-refractivity contribution in [1.29, 1.82) is 0 Å². The second-order valence-electron chi connectivity index (χ2n) is 7.24. The maximum absolute atomic E-state index is 5.03. The maximum Gasteiger partial charge on any atom is 0.316 e. The molecule has 0 aliphatic carbocycles. The number of ether oxygens (including phenoxy) is 1. The Labute approximate surface area is 154 Å². The summed E-state index contributed by atoms with van der Waals surface area (Å²) in [5.41, 5.74) is 1.16. The van der Waals surface area contributed by atoms with Crippen molar-refractivity contribution in [2.75, 3.05) is 38.2 Å². The average molecular weight is 354 g/mol. The fraction of sp³-hybridized carbons (Fsp3) is 0.579. The van der Waals surface area contributed by atoms with Crippen LogP contribution in [0, 0.1) is 11.8 Å². The smallest absolute Gasteiger partial charge is 0.316 e. The lowest BCUT2D eigenvalue weighted by molar-refractivity contribution is 0.251. The van der Waals surface area contributed by atoms with Crippen molar-refractivity contribution in [3.63, 3.8) is 0 Å². The summed E-state index contributed by atoms with van der Waals surface area (Å²) in [4.78, 5) is 22.0. The predicted octanol–water partition coefficient (Wildman–Crippen LogP) is 2.01. The summed E-state index contributed by atoms with van der Waals surface area (Å²) in [5, 5.41) is 0. The Morgan fingerprint density at radius 2 is 1.65 bits per heavy atom. The lowest BCUT2D eigenvalue weighted by Crippen LogP contribution is -2.37. The van der Waals surface area contributed by atoms with Gasteiger partial charge in [0.1, 0.15) is 0 Å². The molecule has 0 bridgehead atoms. The van der Waals surface area contributed by atoms with Gasteiger partial charge in [0.05, 0.1) is 7.11 Å². The summed E-state index contributed by atoms with van der Waals surface area (Å²) >= 11 is 0. The number of aromatic nitrogens is 4. The molecule has 7 nitrogen and oxygen atoms in total. The molecule has 26 heavy (non-hydrogen) atoms. The van der Waals surface area contributed by atoms with Crippen LogP contribution < -0.4 is 9.64 Å². The minimum atomic E-state index is 0.433. The van der Waals surface area contributed by atoms with Crippen LogP contribution in [-0.2, 0) is 6.54 Å². The average Bonchev–Trinajstić information content (AvgIpc) is 3.18. The third-order valence-corrected chi connectivity index (χ3v) is 5.62. The molecule has 2 aromatic rings. The highest BCUT2D eigenvalue weighted by Crippen LogP contribution is 2.33. The number of anilines is 1. The third kappa shape index (κ3) is 3.93. The van der Waals surface area contributed by atoms with Crippen LogP contribution in [0.25, 0.3) is 0 Å². The maximum atomic E-state index is 5.03. The molecule has 1 atom stereocenters. The largest absolute Gasteiger partial charge is 0.467 e. The molecule has 7 heteroatoms. The van der Waals surface area contributed by atoms with Crippen LogP contribution in [0.2, 0.25) is 0 Å². The quantitative estimate of drug-likeness (QED) is 0.813. The highest BCUT2D eigenvalue weighted by molar-refractivity contribution is 5.28. The first-order chi connectivity index (χ1) is 12.8. The van der Waals surface area contributed by atoms with Crippen molar-refractivity contribution in [3.05, 3.63) is 36.4 Å². The Hall–Kier alpha value is -2.28. The molecule has 0 N–H and O–H groups in total. The van der Waals surface area contributed by atoms with Crippen molar-refractivity contribution >= 4 is 5.95 Å². The van der Waals surface area contributed by atoms with E-state index >= 15 is 0 Å². The molecule has 0 spiro atoms. The van der Waals surface area contributed by atoms with E-state index in [0.717, 1.165) is 43.0 Å². The van der Waals surface area contributed by atoms with Crippen LogP contribution >= 0.6 is 0 Å². The number of rotatable bonds is 5. The molecule has 2 aliphatic heterocycles. The summed E-state index contributed by atoms with van der Waals surface area (Å²) in [6.45, 7) is 5.41. The number of hydrogen-bond acceptors (Lipinski definition) is 7. The second-order valence-corrected chi connectivity index (χ2v) is 7.24. The first kappa shape index (κ1) is 17.1. The van der Waals surface area contributed by atoms with Crippen molar-refractivity contribution in [1.82, 2.24) is 24.8 Å². The third-order valence-electron chi connectivity index (χ3n) is 5.62. The summed E-state index contributed by atoms with van der Waals surface area (Å²) in [6.07, 6.45) is 11.2. The number of nitrogens with zero attached hydrogens (tertiary/aromatic N) is 6. The van der Waals surface area contributed by atoms with Crippen LogP contribution in [0.4, 0.5) is 5.95 Å². The summed E-state index contributed by atoms with van der Waals surface area (Å²) in [7, 11) is 1.59. The van der Waals surface area contributed by atoms with Gasteiger partial charge >= 0.3 is 6.01 Å². The van der Waals surface area contributed by atoms with Gasteiger partial charge in [0.25, 0.3) is 0 Å². The van der Waals surface area contributed by atoms with Crippen LogP contribution in [0.3, 0.4) is 0 Å². The summed E-state index contributed by atoms with van der Waals surface area (Å²) in [5.74, 6) is 2.48. The first-order valence-electron chi connectivity index (χ1n) is 9.41. The normalized spacial score (nSPS) is 21.9. The van der Waals surface area contributed by atoms with Crippen molar-refractivity contribution in [3.8, 4) is 6.01 Å². The highest BCUT2D eigenvalue weighted by atomic mass is 16.5. The predicted molar refractivity (Wildman–Crippen MR) is 98.9 cm³/mol. The summed E-state index contributed by atoms with van der Waals surface area (Å²) in [6, 6.07) is 2.30. The van der Waals surface area contributed by atoms with E-state index in [9.17, 15) is 0 Å². The molecular weight excluding hydrogens is 328 g/mol. The Morgan fingerprint density at radius 1 is 0.962 bits per heavy atom. The van der Waals surface area contributed by atoms with Gasteiger partial charge in [-0.3, -0.25) is 4.90 Å². The molecule has 0 radical (unpaired) electrons. The lowest BCUT2D eigenvalue weighted by Gasteiger charge is -2.34. The number of methoxy groups -OCH3 is 1. The van der Waals surface area contributed by atoms with Crippen LogP contribution in [0.15, 0.2) is 30.9 Å². The molecule has 4 rings (SSSR count). The van der Waals surface area contributed by atoms with Crippen LogP contribution in [0.5, 0.6) is 6.01 Å². The first-order valence-corrected chi connectivity index (χ1v) is 9.41. The van der Waals surface area contributed by atoms with Gasteiger partial charge in [0.15, 0.2) is 0 Å². The fourth-order valence-electron chi connectivity index (χ4n) is 4.20. The zero-order chi connectivity index (χ0) is 17.8. The van der Waals surface area contributed by atoms with Crippen LogP contribution in [-0.4, -0.2) is 58.1 Å². The molecule has 0 aromatic carbocycles. The van der Waals surface area contributed by atoms with E-state index in [-0.39, 0.29) is 0 Å². The molecule has 2 saturated heterocycles. The Kier molecular flexibility index (Phi) is 5.24. The van der Waals surface area contributed by atoms with E-state index < -0.39 is 0 Å². The minimum absolute atomic E-state index is 0.433.